The molecule has 1 amide bonds. The minimum atomic E-state index is -0.255. The van der Waals surface area contributed by atoms with Crippen molar-refractivity contribution in [2.75, 3.05) is 5.32 Å². The average Bonchev–Trinajstić information content (AvgIpc) is 3.35. The lowest BCUT2D eigenvalue weighted by atomic mass is 10.2. The Balaban J connectivity index is 1.38. The van der Waals surface area contributed by atoms with E-state index in [4.69, 9.17) is 0 Å². The number of carbonyl (C=O) groups is 1. The number of H-pyrrole nitrogens is 1. The number of aromatic amines is 1. The number of anilines is 1. The van der Waals surface area contributed by atoms with Crippen molar-refractivity contribution in [3.05, 3.63) is 57.2 Å². The van der Waals surface area contributed by atoms with Crippen LogP contribution in [0.5, 0.6) is 0 Å². The van der Waals surface area contributed by atoms with Gasteiger partial charge in [0.2, 0.25) is 0 Å². The van der Waals surface area contributed by atoms with E-state index in [1.54, 1.807) is 14.0 Å². The zero-order valence-electron chi connectivity index (χ0n) is 15.9. The Morgan fingerprint density at radius 1 is 1.28 bits per heavy atom. The monoisotopic (exact) mass is 406 g/mol. The Kier molecular flexibility index (Phi) is 4.06. The van der Waals surface area contributed by atoms with E-state index < -0.39 is 0 Å². The summed E-state index contributed by atoms with van der Waals surface area (Å²) in [4.78, 5) is 35.0. The minimum absolute atomic E-state index is 0.149. The van der Waals surface area contributed by atoms with Gasteiger partial charge in [0, 0.05) is 24.2 Å². The van der Waals surface area contributed by atoms with Gasteiger partial charge >= 0.3 is 0 Å². The van der Waals surface area contributed by atoms with Crippen LogP contribution in [0.3, 0.4) is 0 Å². The summed E-state index contributed by atoms with van der Waals surface area (Å²) >= 11 is 1.22. The average molecular weight is 406 g/mol. The van der Waals surface area contributed by atoms with Crippen LogP contribution in [0.25, 0.3) is 21.6 Å². The number of thiophene rings is 1. The number of amides is 1. The van der Waals surface area contributed by atoms with E-state index in [9.17, 15) is 9.59 Å². The Hall–Kier alpha value is -3.33. The summed E-state index contributed by atoms with van der Waals surface area (Å²) in [7, 11) is 1.65. The molecule has 1 aliphatic rings. The van der Waals surface area contributed by atoms with E-state index in [1.165, 1.54) is 35.1 Å². The third-order valence-corrected chi connectivity index (χ3v) is 6.28. The van der Waals surface area contributed by atoms with Gasteiger partial charge in [0.25, 0.3) is 11.5 Å². The molecule has 5 rings (SSSR count). The largest absolute Gasteiger partial charge is 0.321 e. The molecular weight excluding hydrogens is 388 g/mol. The standard InChI is InChI=1S/C20H18N6O2S/c1-10-14-19(21-9-26(2)20(14)28)29-15(10)18(27)22-13-7-5-12(6-8-13)17-23-16(24-25-17)11-3-4-11/h5-9,11H,3-4H2,1-2H3,(H,22,27)(H,23,24,25). The van der Waals surface area contributed by atoms with Gasteiger partial charge < -0.3 is 9.88 Å². The first-order valence-electron chi connectivity index (χ1n) is 9.30. The van der Waals surface area contributed by atoms with Crippen LogP contribution in [0.15, 0.2) is 35.4 Å². The number of nitrogens with one attached hydrogen (secondary N) is 2. The van der Waals surface area contributed by atoms with Crippen molar-refractivity contribution in [1.29, 1.82) is 0 Å². The molecule has 0 aliphatic heterocycles. The third kappa shape index (κ3) is 3.13. The molecule has 0 saturated heterocycles. The second-order valence-electron chi connectivity index (χ2n) is 7.25. The van der Waals surface area contributed by atoms with E-state index in [1.807, 2.05) is 24.3 Å². The van der Waals surface area contributed by atoms with Crippen LogP contribution in [0.4, 0.5) is 5.69 Å². The molecule has 9 heteroatoms. The topological polar surface area (TPSA) is 106 Å². The maximum Gasteiger partial charge on any atom is 0.266 e. The summed E-state index contributed by atoms with van der Waals surface area (Å²) < 4.78 is 1.42. The van der Waals surface area contributed by atoms with Crippen LogP contribution < -0.4 is 10.9 Å². The van der Waals surface area contributed by atoms with Crippen molar-refractivity contribution in [2.45, 2.75) is 25.7 Å². The van der Waals surface area contributed by atoms with Crippen molar-refractivity contribution < 1.29 is 4.79 Å². The number of aromatic nitrogens is 5. The van der Waals surface area contributed by atoms with Crippen LogP contribution >= 0.6 is 11.3 Å². The molecular formula is C20H18N6O2S. The zero-order chi connectivity index (χ0) is 20.1. The highest BCUT2D eigenvalue weighted by atomic mass is 32.1. The summed E-state index contributed by atoms with van der Waals surface area (Å²) in [5.41, 5.74) is 2.05. The van der Waals surface area contributed by atoms with E-state index in [-0.39, 0.29) is 11.5 Å². The van der Waals surface area contributed by atoms with Crippen LogP contribution in [-0.4, -0.2) is 30.6 Å². The number of fused-ring (bicyclic) bond motifs is 1. The number of rotatable bonds is 4. The predicted octanol–water partition coefficient (Wildman–Crippen LogP) is 3.22. The predicted molar refractivity (Wildman–Crippen MR) is 111 cm³/mol. The van der Waals surface area contributed by atoms with E-state index in [2.05, 4.69) is 25.5 Å². The fourth-order valence-corrected chi connectivity index (χ4v) is 4.29. The molecule has 1 aliphatic carbocycles. The van der Waals surface area contributed by atoms with Gasteiger partial charge in [-0.1, -0.05) is 0 Å². The molecule has 0 radical (unpaired) electrons. The molecule has 3 heterocycles. The SMILES string of the molecule is Cc1c(C(=O)Nc2ccc(-c3n[nH]c(C4CC4)n3)cc2)sc2ncn(C)c(=O)c12. The fourth-order valence-electron chi connectivity index (χ4n) is 3.26. The van der Waals surface area contributed by atoms with Gasteiger partial charge in [-0.25, -0.2) is 9.97 Å². The Bertz CT molecular complexity index is 1300. The van der Waals surface area contributed by atoms with Gasteiger partial charge in [0.1, 0.15) is 10.7 Å². The summed E-state index contributed by atoms with van der Waals surface area (Å²) in [5.74, 6) is 1.87. The first kappa shape index (κ1) is 17.7. The molecule has 0 unspecified atom stereocenters. The summed E-state index contributed by atoms with van der Waals surface area (Å²) in [6.07, 6.45) is 3.80. The number of hydrogen-bond acceptors (Lipinski definition) is 6. The van der Waals surface area contributed by atoms with Crippen LogP contribution in [0.1, 0.15) is 39.8 Å². The molecule has 4 aromatic rings. The fraction of sp³-hybridized carbons (Fsp3) is 0.250. The van der Waals surface area contributed by atoms with Gasteiger partial charge in [-0.15, -0.1) is 11.3 Å². The number of nitrogens with zero attached hydrogens (tertiary/aromatic N) is 4. The van der Waals surface area contributed by atoms with E-state index >= 15 is 0 Å². The van der Waals surface area contributed by atoms with Crippen molar-refractivity contribution in [2.24, 2.45) is 7.05 Å². The van der Waals surface area contributed by atoms with Crippen molar-refractivity contribution in [3.63, 3.8) is 0 Å². The lowest BCUT2D eigenvalue weighted by Gasteiger charge is -2.05. The first-order chi connectivity index (χ1) is 14.0. The van der Waals surface area contributed by atoms with Crippen LogP contribution in [-0.2, 0) is 7.05 Å². The molecule has 0 atom stereocenters. The molecule has 2 N–H and O–H groups in total. The zero-order valence-corrected chi connectivity index (χ0v) is 16.7. The van der Waals surface area contributed by atoms with Gasteiger partial charge in [-0.2, -0.15) is 5.10 Å². The van der Waals surface area contributed by atoms with Crippen molar-refractivity contribution in [1.82, 2.24) is 24.7 Å². The van der Waals surface area contributed by atoms with Crippen molar-refractivity contribution >= 4 is 33.1 Å². The minimum Gasteiger partial charge on any atom is -0.321 e. The quantitative estimate of drug-likeness (QED) is 0.541. The lowest BCUT2D eigenvalue weighted by molar-refractivity contribution is 0.103. The molecule has 0 spiro atoms. The molecule has 0 bridgehead atoms. The number of aryl methyl sites for hydroxylation is 2. The van der Waals surface area contributed by atoms with Gasteiger partial charge in [0.15, 0.2) is 5.82 Å². The number of hydrogen-bond donors (Lipinski definition) is 2. The Morgan fingerprint density at radius 2 is 2.03 bits per heavy atom. The highest BCUT2D eigenvalue weighted by Crippen LogP contribution is 2.38. The Labute approximate surface area is 169 Å². The lowest BCUT2D eigenvalue weighted by Crippen LogP contribution is -2.17. The number of benzene rings is 1. The highest BCUT2D eigenvalue weighted by Gasteiger charge is 2.27. The number of carbonyl (C=O) groups excluding carboxylic acids is 1. The molecule has 3 aromatic heterocycles. The van der Waals surface area contributed by atoms with E-state index in [0.717, 1.165) is 11.4 Å². The normalized spacial score (nSPS) is 13.7. The maximum absolute atomic E-state index is 12.8. The molecule has 29 heavy (non-hydrogen) atoms. The molecule has 1 saturated carbocycles. The van der Waals surface area contributed by atoms with Gasteiger partial charge in [0.05, 0.1) is 16.6 Å². The second-order valence-corrected chi connectivity index (χ2v) is 8.25. The Morgan fingerprint density at radius 3 is 2.76 bits per heavy atom. The van der Waals surface area contributed by atoms with Crippen molar-refractivity contribution in [3.8, 4) is 11.4 Å². The smallest absolute Gasteiger partial charge is 0.266 e. The molecule has 1 aromatic carbocycles. The molecule has 1 fully saturated rings. The summed E-state index contributed by atoms with van der Waals surface area (Å²) in [6.45, 7) is 1.78. The molecule has 8 nitrogen and oxygen atoms in total. The van der Waals surface area contributed by atoms with Crippen LogP contribution in [0, 0.1) is 6.92 Å². The van der Waals surface area contributed by atoms with Gasteiger partial charge in [-0.05, 0) is 49.6 Å². The van der Waals surface area contributed by atoms with E-state index in [0.29, 0.717) is 38.1 Å². The third-order valence-electron chi connectivity index (χ3n) is 5.08. The van der Waals surface area contributed by atoms with Crippen LogP contribution in [0.2, 0.25) is 0 Å². The summed E-state index contributed by atoms with van der Waals surface area (Å²) in [5, 5.41) is 10.7. The first-order valence-corrected chi connectivity index (χ1v) is 10.1. The van der Waals surface area contributed by atoms with Gasteiger partial charge in [-0.3, -0.25) is 14.7 Å². The molecule has 146 valence electrons. The second kappa shape index (κ2) is 6.63. The maximum atomic E-state index is 12.8. The highest BCUT2D eigenvalue weighted by molar-refractivity contribution is 7.20. The summed E-state index contributed by atoms with van der Waals surface area (Å²) in [6, 6.07) is 7.40.